The van der Waals surface area contributed by atoms with E-state index in [1.54, 1.807) is 46.8 Å². The molecule has 0 fully saturated rings. The number of nitrogens with one attached hydrogen (secondary N) is 2. The van der Waals surface area contributed by atoms with Crippen molar-refractivity contribution in [3.05, 3.63) is 35.4 Å². The normalized spacial score (nSPS) is 13.0. The molecule has 1 aromatic carbocycles. The molecule has 3 amide bonds. The highest BCUT2D eigenvalue weighted by Crippen LogP contribution is 2.24. The molecule has 2 unspecified atom stereocenters. The van der Waals surface area contributed by atoms with Gasteiger partial charge in [0, 0.05) is 12.6 Å². The van der Waals surface area contributed by atoms with Crippen molar-refractivity contribution in [2.75, 3.05) is 6.54 Å². The summed E-state index contributed by atoms with van der Waals surface area (Å²) in [5.41, 5.74) is 0.893. The number of aryl methyl sites for hydroxylation is 1. The molecule has 7 heteroatoms. The van der Waals surface area contributed by atoms with Gasteiger partial charge in [0.1, 0.15) is 17.7 Å². The summed E-state index contributed by atoms with van der Waals surface area (Å²) in [6.45, 7) is 13.2. The minimum atomic E-state index is -1.02. The maximum Gasteiger partial charge on any atom is 0.408 e. The van der Waals surface area contributed by atoms with Gasteiger partial charge in [0.25, 0.3) is 5.91 Å². The van der Waals surface area contributed by atoms with Crippen molar-refractivity contribution in [1.29, 1.82) is 0 Å². The van der Waals surface area contributed by atoms with Crippen molar-refractivity contribution in [1.82, 2.24) is 15.5 Å². The topological polar surface area (TPSA) is 87.7 Å². The molecule has 2 N–H and O–H groups in total. The zero-order chi connectivity index (χ0) is 24.5. The van der Waals surface area contributed by atoms with E-state index in [9.17, 15) is 14.4 Å². The third-order valence-corrected chi connectivity index (χ3v) is 4.71. The summed E-state index contributed by atoms with van der Waals surface area (Å²) in [6.07, 6.45) is 6.74. The molecule has 0 aromatic heterocycles. The SMILES string of the molecule is C#CN(C(=O)C(NC(=O)OC(C)(C)C)C(C)C)C(C(=O)NCCCC)c1ccc(C)cc1. The average molecular weight is 444 g/mol. The number of amides is 3. The fourth-order valence-corrected chi connectivity index (χ4v) is 3.01. The van der Waals surface area contributed by atoms with E-state index >= 15 is 0 Å². The lowest BCUT2D eigenvalue weighted by molar-refractivity contribution is -0.139. The standard InChI is InChI=1S/C25H37N3O4/c1-9-11-16-26-22(29)21(19-14-12-18(5)13-15-19)28(10-2)23(30)20(17(3)4)27-24(31)32-25(6,7)8/h2,12-15,17,20-21H,9,11,16H2,1,3-8H3,(H,26,29)(H,27,31). The van der Waals surface area contributed by atoms with Crippen LogP contribution in [0.2, 0.25) is 0 Å². The molecule has 1 aromatic rings. The summed E-state index contributed by atoms with van der Waals surface area (Å²) in [6, 6.07) is 7.67. The molecule has 0 aliphatic carbocycles. The minimum Gasteiger partial charge on any atom is -0.444 e. The molecule has 0 saturated heterocycles. The number of rotatable bonds is 9. The van der Waals surface area contributed by atoms with Crippen LogP contribution in [0.25, 0.3) is 0 Å². The smallest absolute Gasteiger partial charge is 0.408 e. The van der Waals surface area contributed by atoms with E-state index in [-0.39, 0.29) is 11.8 Å². The van der Waals surface area contributed by atoms with Gasteiger partial charge in [-0.15, -0.1) is 0 Å². The van der Waals surface area contributed by atoms with Crippen molar-refractivity contribution < 1.29 is 19.1 Å². The molecule has 32 heavy (non-hydrogen) atoms. The number of unbranched alkanes of at least 4 members (excludes halogenated alkanes) is 1. The first-order valence-corrected chi connectivity index (χ1v) is 11.0. The van der Waals surface area contributed by atoms with Crippen LogP contribution < -0.4 is 10.6 Å². The number of alkyl carbamates (subject to hydrolysis) is 1. The van der Waals surface area contributed by atoms with Crippen molar-refractivity contribution in [3.8, 4) is 12.5 Å². The Morgan fingerprint density at radius 3 is 2.22 bits per heavy atom. The van der Waals surface area contributed by atoms with Crippen LogP contribution in [-0.4, -0.2) is 41.0 Å². The molecule has 0 saturated carbocycles. The third-order valence-electron chi connectivity index (χ3n) is 4.71. The number of terminal acetylenes is 1. The van der Waals surface area contributed by atoms with Crippen LogP contribution in [0.4, 0.5) is 4.79 Å². The van der Waals surface area contributed by atoms with Crippen molar-refractivity contribution in [2.45, 2.75) is 79.0 Å². The first kappa shape index (κ1) is 27.0. The molecule has 0 aliphatic heterocycles. The van der Waals surface area contributed by atoms with Crippen LogP contribution in [0.15, 0.2) is 24.3 Å². The van der Waals surface area contributed by atoms with Crippen molar-refractivity contribution in [3.63, 3.8) is 0 Å². The highest BCUT2D eigenvalue weighted by atomic mass is 16.6. The minimum absolute atomic E-state index is 0.285. The van der Waals surface area contributed by atoms with Crippen molar-refractivity contribution in [2.24, 2.45) is 5.92 Å². The first-order chi connectivity index (χ1) is 14.9. The van der Waals surface area contributed by atoms with Gasteiger partial charge in [0.15, 0.2) is 0 Å². The maximum absolute atomic E-state index is 13.5. The quantitative estimate of drug-likeness (QED) is 0.344. The van der Waals surface area contributed by atoms with Crippen LogP contribution in [0.1, 0.15) is 71.6 Å². The van der Waals surface area contributed by atoms with Gasteiger partial charge < -0.3 is 15.4 Å². The summed E-state index contributed by atoms with van der Waals surface area (Å²) >= 11 is 0. The molecule has 0 spiro atoms. The van der Waals surface area contributed by atoms with E-state index in [1.807, 2.05) is 26.0 Å². The summed E-state index contributed by atoms with van der Waals surface area (Å²) in [5, 5.41) is 5.48. The molecule has 0 heterocycles. The Balaban J connectivity index is 3.27. The first-order valence-electron chi connectivity index (χ1n) is 11.0. The van der Waals surface area contributed by atoms with Crippen LogP contribution in [0.5, 0.6) is 0 Å². The number of hydrogen-bond acceptors (Lipinski definition) is 4. The number of carbonyl (C=O) groups excluding carboxylic acids is 3. The number of carbonyl (C=O) groups is 3. The van der Waals surface area contributed by atoms with E-state index < -0.39 is 29.7 Å². The molecule has 1 rings (SSSR count). The van der Waals surface area contributed by atoms with Gasteiger partial charge in [-0.3, -0.25) is 14.5 Å². The van der Waals surface area contributed by atoms with Crippen LogP contribution in [-0.2, 0) is 14.3 Å². The fourth-order valence-electron chi connectivity index (χ4n) is 3.01. The molecule has 176 valence electrons. The van der Waals surface area contributed by atoms with E-state index in [2.05, 4.69) is 16.7 Å². The van der Waals surface area contributed by atoms with Gasteiger partial charge >= 0.3 is 6.09 Å². The molecule has 7 nitrogen and oxygen atoms in total. The largest absolute Gasteiger partial charge is 0.444 e. The predicted molar refractivity (Wildman–Crippen MR) is 126 cm³/mol. The Morgan fingerprint density at radius 2 is 1.75 bits per heavy atom. The predicted octanol–water partition coefficient (Wildman–Crippen LogP) is 3.92. The van der Waals surface area contributed by atoms with Crippen LogP contribution in [0.3, 0.4) is 0 Å². The lowest BCUT2D eigenvalue weighted by Gasteiger charge is -2.31. The number of hydrogen-bond donors (Lipinski definition) is 2. The summed E-state index contributed by atoms with van der Waals surface area (Å²) < 4.78 is 5.30. The second-order valence-corrected chi connectivity index (χ2v) is 9.16. The zero-order valence-electron chi connectivity index (χ0n) is 20.3. The summed E-state index contributed by atoms with van der Waals surface area (Å²) in [7, 11) is 0. The monoisotopic (exact) mass is 443 g/mol. The molecular formula is C25H37N3O4. The molecule has 0 bridgehead atoms. The van der Waals surface area contributed by atoms with Gasteiger partial charge in [0.2, 0.25) is 5.91 Å². The van der Waals surface area contributed by atoms with Gasteiger partial charge in [-0.25, -0.2) is 4.79 Å². The summed E-state index contributed by atoms with van der Waals surface area (Å²) in [4.78, 5) is 40.0. The van der Waals surface area contributed by atoms with Crippen LogP contribution >= 0.6 is 0 Å². The average Bonchev–Trinajstić information content (AvgIpc) is 2.69. The maximum atomic E-state index is 13.5. The van der Waals surface area contributed by atoms with Gasteiger partial charge in [-0.05, 0) is 45.6 Å². The second-order valence-electron chi connectivity index (χ2n) is 9.16. The van der Waals surface area contributed by atoms with Gasteiger partial charge in [-0.1, -0.05) is 63.4 Å². The highest BCUT2D eigenvalue weighted by Gasteiger charge is 2.37. The molecule has 0 radical (unpaired) electrons. The van der Waals surface area contributed by atoms with Crippen molar-refractivity contribution >= 4 is 17.9 Å². The second kappa shape index (κ2) is 12.1. The lowest BCUT2D eigenvalue weighted by atomic mass is 9.99. The Bertz CT molecular complexity index is 819. The van der Waals surface area contributed by atoms with Gasteiger partial charge in [0.05, 0.1) is 0 Å². The fraction of sp³-hybridized carbons (Fsp3) is 0.560. The third kappa shape index (κ3) is 8.26. The number of ether oxygens (including phenoxy) is 1. The van der Waals surface area contributed by atoms with E-state index in [1.165, 1.54) is 0 Å². The Labute approximate surface area is 192 Å². The van der Waals surface area contributed by atoms with E-state index in [0.717, 1.165) is 23.3 Å². The lowest BCUT2D eigenvalue weighted by Crippen LogP contribution is -2.53. The molecule has 2 atom stereocenters. The summed E-state index contributed by atoms with van der Waals surface area (Å²) in [5.74, 6) is -1.20. The van der Waals surface area contributed by atoms with Crippen LogP contribution in [0, 0.1) is 25.3 Å². The van der Waals surface area contributed by atoms with E-state index in [0.29, 0.717) is 12.1 Å². The van der Waals surface area contributed by atoms with Gasteiger partial charge in [-0.2, -0.15) is 0 Å². The Morgan fingerprint density at radius 1 is 1.16 bits per heavy atom. The number of nitrogens with zero attached hydrogens (tertiary/aromatic N) is 1. The molecule has 0 aliphatic rings. The Kier molecular flexibility index (Phi) is 10.2. The van der Waals surface area contributed by atoms with E-state index in [4.69, 9.17) is 11.2 Å². The highest BCUT2D eigenvalue weighted by molar-refractivity contribution is 5.93. The Hall–Kier alpha value is -3.01. The molecular weight excluding hydrogens is 406 g/mol. The number of benzene rings is 1. The zero-order valence-corrected chi connectivity index (χ0v) is 20.3.